The minimum absolute atomic E-state index is 0.0197. The number of nitrogens with one attached hydrogen (secondary N) is 1. The number of ketones is 1. The smallest absolute Gasteiger partial charge is 0.352 e. The summed E-state index contributed by atoms with van der Waals surface area (Å²) in [5.74, 6) is -1.17. The maximum absolute atomic E-state index is 11.8. The van der Waals surface area contributed by atoms with Crippen molar-refractivity contribution in [3.8, 4) is 0 Å². The number of H-pyrrole nitrogens is 1. The molecular weight excluding hydrogens is 194 g/mol. The van der Waals surface area contributed by atoms with E-state index in [9.17, 15) is 9.59 Å². The maximum Gasteiger partial charge on any atom is 0.352 e. The van der Waals surface area contributed by atoms with E-state index in [0.717, 1.165) is 0 Å². The standard InChI is InChI=1S/C11H15NO3/c1-5(2)10(13)8-6(3)9(11(14)15)12-7(8)4/h5,12H,1-4H3,(H,14,15). The Morgan fingerprint density at radius 1 is 1.27 bits per heavy atom. The van der Waals surface area contributed by atoms with Gasteiger partial charge < -0.3 is 10.1 Å². The highest BCUT2D eigenvalue weighted by molar-refractivity contribution is 6.02. The van der Waals surface area contributed by atoms with Crippen LogP contribution in [0.5, 0.6) is 0 Å². The predicted octanol–water partition coefficient (Wildman–Crippen LogP) is 2.17. The molecular formula is C11H15NO3. The molecule has 0 unspecified atom stereocenters. The molecule has 4 heteroatoms. The molecule has 1 aromatic rings. The molecule has 1 aromatic heterocycles. The van der Waals surface area contributed by atoms with Crippen molar-refractivity contribution in [1.82, 2.24) is 4.98 Å². The van der Waals surface area contributed by atoms with Crippen LogP contribution >= 0.6 is 0 Å². The van der Waals surface area contributed by atoms with Crippen LogP contribution in [0.4, 0.5) is 0 Å². The summed E-state index contributed by atoms with van der Waals surface area (Å²) in [6.45, 7) is 6.97. The Hall–Kier alpha value is -1.58. The van der Waals surface area contributed by atoms with Crippen molar-refractivity contribution in [2.45, 2.75) is 27.7 Å². The molecule has 2 N–H and O–H groups in total. The lowest BCUT2D eigenvalue weighted by molar-refractivity contribution is 0.0690. The van der Waals surface area contributed by atoms with Gasteiger partial charge in [-0.3, -0.25) is 4.79 Å². The normalized spacial score (nSPS) is 10.7. The average Bonchev–Trinajstić information content (AvgIpc) is 2.41. The molecule has 1 rings (SSSR count). The minimum atomic E-state index is -1.03. The van der Waals surface area contributed by atoms with Crippen LogP contribution in [0.3, 0.4) is 0 Å². The third kappa shape index (κ3) is 1.93. The molecule has 0 radical (unpaired) electrons. The van der Waals surface area contributed by atoms with Crippen molar-refractivity contribution >= 4 is 11.8 Å². The third-order valence-electron chi connectivity index (χ3n) is 2.42. The molecule has 0 saturated heterocycles. The van der Waals surface area contributed by atoms with Crippen molar-refractivity contribution in [2.24, 2.45) is 5.92 Å². The van der Waals surface area contributed by atoms with E-state index < -0.39 is 5.97 Å². The van der Waals surface area contributed by atoms with Crippen LogP contribution in [0.25, 0.3) is 0 Å². The van der Waals surface area contributed by atoms with Crippen molar-refractivity contribution in [2.75, 3.05) is 0 Å². The first-order valence-electron chi connectivity index (χ1n) is 4.83. The number of aromatic amines is 1. The number of carbonyl (C=O) groups is 2. The molecule has 0 amide bonds. The third-order valence-corrected chi connectivity index (χ3v) is 2.42. The zero-order chi connectivity index (χ0) is 11.7. The van der Waals surface area contributed by atoms with Crippen LogP contribution in [-0.4, -0.2) is 21.8 Å². The molecule has 0 aliphatic heterocycles. The van der Waals surface area contributed by atoms with Gasteiger partial charge in [0.05, 0.1) is 0 Å². The fraction of sp³-hybridized carbons (Fsp3) is 0.455. The molecule has 15 heavy (non-hydrogen) atoms. The zero-order valence-electron chi connectivity index (χ0n) is 9.34. The van der Waals surface area contributed by atoms with Crippen LogP contribution in [0.1, 0.15) is 46.0 Å². The van der Waals surface area contributed by atoms with Gasteiger partial charge in [-0.05, 0) is 19.4 Å². The van der Waals surface area contributed by atoms with E-state index in [-0.39, 0.29) is 17.4 Å². The van der Waals surface area contributed by atoms with Crippen molar-refractivity contribution < 1.29 is 14.7 Å². The van der Waals surface area contributed by atoms with E-state index in [1.165, 1.54) is 0 Å². The predicted molar refractivity (Wildman–Crippen MR) is 56.4 cm³/mol. The van der Waals surface area contributed by atoms with Crippen molar-refractivity contribution in [3.63, 3.8) is 0 Å². The average molecular weight is 209 g/mol. The molecule has 0 atom stereocenters. The molecule has 0 aromatic carbocycles. The van der Waals surface area contributed by atoms with E-state index in [0.29, 0.717) is 16.8 Å². The van der Waals surface area contributed by atoms with Crippen molar-refractivity contribution in [1.29, 1.82) is 0 Å². The van der Waals surface area contributed by atoms with Gasteiger partial charge in [-0.15, -0.1) is 0 Å². The lowest BCUT2D eigenvalue weighted by Crippen LogP contribution is -2.09. The number of hydrogen-bond acceptors (Lipinski definition) is 2. The first-order valence-corrected chi connectivity index (χ1v) is 4.83. The maximum atomic E-state index is 11.8. The quantitative estimate of drug-likeness (QED) is 0.749. The highest BCUT2D eigenvalue weighted by Gasteiger charge is 2.22. The molecule has 4 nitrogen and oxygen atoms in total. The lowest BCUT2D eigenvalue weighted by atomic mass is 9.98. The number of carboxylic acids is 1. The molecule has 0 aliphatic carbocycles. The molecule has 0 fully saturated rings. The van der Waals surface area contributed by atoms with Gasteiger partial charge in [-0.2, -0.15) is 0 Å². The molecule has 1 heterocycles. The Morgan fingerprint density at radius 3 is 2.13 bits per heavy atom. The van der Waals surface area contributed by atoms with Gasteiger partial charge in [0.25, 0.3) is 0 Å². The fourth-order valence-electron chi connectivity index (χ4n) is 1.62. The highest BCUT2D eigenvalue weighted by atomic mass is 16.4. The minimum Gasteiger partial charge on any atom is -0.477 e. The topological polar surface area (TPSA) is 70.2 Å². The number of carbonyl (C=O) groups excluding carboxylic acids is 1. The number of carboxylic acid groups (broad SMARTS) is 1. The number of aromatic carboxylic acids is 1. The van der Waals surface area contributed by atoms with E-state index in [4.69, 9.17) is 5.11 Å². The van der Waals surface area contributed by atoms with E-state index in [1.54, 1.807) is 27.7 Å². The molecule has 0 spiro atoms. The monoisotopic (exact) mass is 209 g/mol. The van der Waals surface area contributed by atoms with Crippen LogP contribution < -0.4 is 0 Å². The zero-order valence-corrected chi connectivity index (χ0v) is 9.34. The Balaban J connectivity index is 3.31. The second-order valence-electron chi connectivity index (χ2n) is 3.95. The Labute approximate surface area is 88.3 Å². The summed E-state index contributed by atoms with van der Waals surface area (Å²) in [5.41, 5.74) is 1.78. The van der Waals surface area contributed by atoms with Crippen molar-refractivity contribution in [3.05, 3.63) is 22.5 Å². The van der Waals surface area contributed by atoms with Gasteiger partial charge >= 0.3 is 5.97 Å². The van der Waals surface area contributed by atoms with Gasteiger partial charge in [-0.25, -0.2) is 4.79 Å². The SMILES string of the molecule is Cc1[nH]c(C(=O)O)c(C)c1C(=O)C(C)C. The van der Waals surface area contributed by atoms with Crippen LogP contribution in [0.15, 0.2) is 0 Å². The summed E-state index contributed by atoms with van der Waals surface area (Å²) in [4.78, 5) is 25.4. The van der Waals surface area contributed by atoms with Gasteiger partial charge in [0, 0.05) is 17.2 Å². The molecule has 0 saturated carbocycles. The molecule has 82 valence electrons. The van der Waals surface area contributed by atoms with E-state index >= 15 is 0 Å². The Bertz CT molecular complexity index is 416. The summed E-state index contributed by atoms with van der Waals surface area (Å²) >= 11 is 0. The van der Waals surface area contributed by atoms with E-state index in [1.807, 2.05) is 0 Å². The Kier molecular flexibility index (Phi) is 2.98. The second-order valence-corrected chi connectivity index (χ2v) is 3.95. The summed E-state index contributed by atoms with van der Waals surface area (Å²) in [5, 5.41) is 8.88. The number of aromatic nitrogens is 1. The first-order chi connectivity index (χ1) is 6.86. The molecule has 0 bridgehead atoms. The van der Waals surface area contributed by atoms with Crippen LogP contribution in [-0.2, 0) is 0 Å². The first kappa shape index (κ1) is 11.5. The number of rotatable bonds is 3. The summed E-state index contributed by atoms with van der Waals surface area (Å²) in [7, 11) is 0. The highest BCUT2D eigenvalue weighted by Crippen LogP contribution is 2.21. The van der Waals surface area contributed by atoms with Gasteiger partial charge in [0.1, 0.15) is 5.69 Å². The second kappa shape index (κ2) is 3.88. The summed E-state index contributed by atoms with van der Waals surface area (Å²) in [6.07, 6.45) is 0. The van der Waals surface area contributed by atoms with Gasteiger partial charge in [-0.1, -0.05) is 13.8 Å². The fourth-order valence-corrected chi connectivity index (χ4v) is 1.62. The lowest BCUT2D eigenvalue weighted by Gasteiger charge is -2.04. The van der Waals surface area contributed by atoms with E-state index in [2.05, 4.69) is 4.98 Å². The number of aryl methyl sites for hydroxylation is 1. The number of Topliss-reactive ketones (excluding diaryl/α,β-unsaturated/α-hetero) is 1. The Morgan fingerprint density at radius 2 is 1.80 bits per heavy atom. The van der Waals surface area contributed by atoms with Crippen LogP contribution in [0, 0.1) is 19.8 Å². The summed E-state index contributed by atoms with van der Waals surface area (Å²) < 4.78 is 0. The van der Waals surface area contributed by atoms with Gasteiger partial charge in [0.15, 0.2) is 5.78 Å². The number of hydrogen-bond donors (Lipinski definition) is 2. The van der Waals surface area contributed by atoms with Crippen LogP contribution in [0.2, 0.25) is 0 Å². The molecule has 0 aliphatic rings. The summed E-state index contributed by atoms with van der Waals surface area (Å²) in [6, 6.07) is 0. The largest absolute Gasteiger partial charge is 0.477 e. The van der Waals surface area contributed by atoms with Gasteiger partial charge in [0.2, 0.25) is 0 Å².